The Kier molecular flexibility index (Phi) is 5.60. The van der Waals surface area contributed by atoms with Gasteiger partial charge in [-0.2, -0.15) is 0 Å². The van der Waals surface area contributed by atoms with Crippen LogP contribution in [0.15, 0.2) is 35.3 Å². The summed E-state index contributed by atoms with van der Waals surface area (Å²) in [5.41, 5.74) is 6.78. The number of hydrogen-bond donors (Lipinski definition) is 2. The van der Waals surface area contributed by atoms with Crippen molar-refractivity contribution in [2.24, 2.45) is 0 Å². The van der Waals surface area contributed by atoms with E-state index in [1.807, 2.05) is 29.7 Å². The molecule has 154 valence electrons. The van der Waals surface area contributed by atoms with Crippen LogP contribution in [0.5, 0.6) is 0 Å². The molecule has 1 saturated carbocycles. The maximum absolute atomic E-state index is 13.6. The second kappa shape index (κ2) is 8.33. The summed E-state index contributed by atoms with van der Waals surface area (Å²) in [6.07, 6.45) is 6.72. The number of nitrogens with two attached hydrogens (primary N) is 1. The fourth-order valence-electron chi connectivity index (χ4n) is 4.26. The van der Waals surface area contributed by atoms with Gasteiger partial charge in [0, 0.05) is 17.9 Å². The Bertz CT molecular complexity index is 1190. The lowest BCUT2D eigenvalue weighted by molar-refractivity contribution is 0.338. The lowest BCUT2D eigenvalue weighted by Gasteiger charge is -2.30. The maximum Gasteiger partial charge on any atom is 0.260 e. The van der Waals surface area contributed by atoms with E-state index >= 15 is 0 Å². The van der Waals surface area contributed by atoms with E-state index in [9.17, 15) is 4.79 Å². The van der Waals surface area contributed by atoms with Crippen LogP contribution in [0.3, 0.4) is 0 Å². The predicted molar refractivity (Wildman–Crippen MR) is 120 cm³/mol. The minimum Gasteiger partial charge on any atom is -0.371 e. The molecule has 3 aromatic rings. The van der Waals surface area contributed by atoms with E-state index < -0.39 is 0 Å². The Balaban J connectivity index is 1.86. The van der Waals surface area contributed by atoms with Gasteiger partial charge in [0.15, 0.2) is 0 Å². The van der Waals surface area contributed by atoms with Gasteiger partial charge in [-0.15, -0.1) is 0 Å². The van der Waals surface area contributed by atoms with Crippen LogP contribution in [-0.4, -0.2) is 14.5 Å². The molecule has 0 bridgehead atoms. The molecule has 0 saturated heterocycles. The van der Waals surface area contributed by atoms with Gasteiger partial charge in [-0.3, -0.25) is 4.79 Å². The minimum absolute atomic E-state index is 0.0683. The smallest absolute Gasteiger partial charge is 0.260 e. The molecule has 1 aliphatic rings. The van der Waals surface area contributed by atoms with E-state index in [0.717, 1.165) is 36.8 Å². The zero-order chi connectivity index (χ0) is 21.3. The third-order valence-electron chi connectivity index (χ3n) is 5.71. The first-order chi connectivity index (χ1) is 14.5. The maximum atomic E-state index is 13.6. The first-order valence-electron chi connectivity index (χ1n) is 10.1. The SMILES string of the molecule is [C-]#[N+]c1cnc(N)nc1N[C@@H](C)c1cc2cccc(Cl)c2c(=O)n1C1CCCCC1. The standard InChI is InChI=1S/C22H23ClN6O/c1-13(27-20-17(25-2)12-26-22(24)28-20)18-11-14-7-6-10-16(23)19(14)21(30)29(18)15-8-4-3-5-9-15/h6-7,10-13,15H,3-5,8-9H2,1H3,(H3,24,26,27,28)/t13-/m0/s1. The van der Waals surface area contributed by atoms with Crippen molar-refractivity contribution < 1.29 is 0 Å². The highest BCUT2D eigenvalue weighted by atomic mass is 35.5. The topological polar surface area (TPSA) is 90.2 Å². The molecule has 3 N–H and O–H groups in total. The van der Waals surface area contributed by atoms with Crippen molar-refractivity contribution in [2.75, 3.05) is 11.1 Å². The number of aromatic nitrogens is 3. The lowest BCUT2D eigenvalue weighted by atomic mass is 9.94. The van der Waals surface area contributed by atoms with Crippen LogP contribution in [0.2, 0.25) is 5.02 Å². The van der Waals surface area contributed by atoms with E-state index in [1.54, 1.807) is 6.07 Å². The van der Waals surface area contributed by atoms with Crippen molar-refractivity contribution in [3.63, 3.8) is 0 Å². The van der Waals surface area contributed by atoms with Crippen molar-refractivity contribution in [1.82, 2.24) is 14.5 Å². The van der Waals surface area contributed by atoms with E-state index in [-0.39, 0.29) is 29.3 Å². The summed E-state index contributed by atoms with van der Waals surface area (Å²) in [6.45, 7) is 9.32. The zero-order valence-electron chi connectivity index (χ0n) is 16.7. The molecule has 1 atom stereocenters. The van der Waals surface area contributed by atoms with Crippen molar-refractivity contribution in [3.05, 3.63) is 62.9 Å². The Morgan fingerprint density at radius 1 is 1.33 bits per heavy atom. The number of nitrogen functional groups attached to an aromatic ring is 1. The average molecular weight is 423 g/mol. The highest BCUT2D eigenvalue weighted by Gasteiger charge is 2.24. The van der Waals surface area contributed by atoms with Crippen LogP contribution in [0.25, 0.3) is 15.6 Å². The third-order valence-corrected chi connectivity index (χ3v) is 6.02. The Hall–Kier alpha value is -3.11. The number of nitrogens with one attached hydrogen (secondary N) is 1. The second-order valence-electron chi connectivity index (χ2n) is 7.68. The van der Waals surface area contributed by atoms with Crippen LogP contribution >= 0.6 is 11.6 Å². The van der Waals surface area contributed by atoms with Gasteiger partial charge in [0.1, 0.15) is 5.82 Å². The van der Waals surface area contributed by atoms with E-state index in [1.165, 1.54) is 12.6 Å². The third kappa shape index (κ3) is 3.71. The van der Waals surface area contributed by atoms with Crippen molar-refractivity contribution in [1.29, 1.82) is 0 Å². The fourth-order valence-corrected chi connectivity index (χ4v) is 4.52. The summed E-state index contributed by atoms with van der Waals surface area (Å²) in [5, 5.41) is 5.08. The Morgan fingerprint density at radius 3 is 2.83 bits per heavy atom. The van der Waals surface area contributed by atoms with Gasteiger partial charge in [-0.25, -0.2) is 14.8 Å². The number of halogens is 1. The largest absolute Gasteiger partial charge is 0.371 e. The first kappa shape index (κ1) is 20.2. The second-order valence-corrected chi connectivity index (χ2v) is 8.09. The molecule has 0 amide bonds. The van der Waals surface area contributed by atoms with Crippen LogP contribution < -0.4 is 16.6 Å². The summed E-state index contributed by atoms with van der Waals surface area (Å²) < 4.78 is 1.90. The summed E-state index contributed by atoms with van der Waals surface area (Å²) in [4.78, 5) is 25.1. The molecule has 1 aliphatic carbocycles. The lowest BCUT2D eigenvalue weighted by Crippen LogP contribution is -2.31. The van der Waals surface area contributed by atoms with Crippen molar-refractivity contribution >= 4 is 39.8 Å². The minimum atomic E-state index is -0.280. The number of benzene rings is 1. The number of fused-ring (bicyclic) bond motifs is 1. The molecule has 0 unspecified atom stereocenters. The van der Waals surface area contributed by atoms with Crippen molar-refractivity contribution in [2.45, 2.75) is 51.1 Å². The summed E-state index contributed by atoms with van der Waals surface area (Å²) in [6, 6.07) is 7.36. The molecule has 0 aliphatic heterocycles. The average Bonchev–Trinajstić information content (AvgIpc) is 2.74. The number of hydrogen-bond acceptors (Lipinski definition) is 5. The number of pyridine rings is 1. The Morgan fingerprint density at radius 2 is 2.10 bits per heavy atom. The predicted octanol–water partition coefficient (Wildman–Crippen LogP) is 5.26. The van der Waals surface area contributed by atoms with Gasteiger partial charge >= 0.3 is 0 Å². The molecular formula is C22H23ClN6O. The van der Waals surface area contributed by atoms with Crippen LogP contribution in [-0.2, 0) is 0 Å². The normalized spacial score (nSPS) is 15.6. The van der Waals surface area contributed by atoms with Gasteiger partial charge in [0.2, 0.25) is 11.6 Å². The fraction of sp³-hybridized carbons (Fsp3) is 0.364. The van der Waals surface area contributed by atoms with E-state index in [4.69, 9.17) is 23.9 Å². The summed E-state index contributed by atoms with van der Waals surface area (Å²) >= 11 is 6.40. The highest BCUT2D eigenvalue weighted by molar-refractivity contribution is 6.35. The molecule has 1 aromatic carbocycles. The molecule has 1 fully saturated rings. The van der Waals surface area contributed by atoms with Gasteiger partial charge in [-0.05, 0) is 37.3 Å². The summed E-state index contributed by atoms with van der Waals surface area (Å²) in [7, 11) is 0. The van der Waals surface area contributed by atoms with Gasteiger partial charge in [-0.1, -0.05) is 43.0 Å². The monoisotopic (exact) mass is 422 g/mol. The van der Waals surface area contributed by atoms with E-state index in [0.29, 0.717) is 16.2 Å². The van der Waals surface area contributed by atoms with E-state index in [2.05, 4.69) is 20.1 Å². The van der Waals surface area contributed by atoms with Crippen LogP contribution in [0, 0.1) is 6.57 Å². The van der Waals surface area contributed by atoms with Gasteiger partial charge in [0.25, 0.3) is 5.56 Å². The molecule has 0 radical (unpaired) electrons. The highest BCUT2D eigenvalue weighted by Crippen LogP contribution is 2.33. The number of nitrogens with zero attached hydrogens (tertiary/aromatic N) is 4. The molecule has 2 aromatic heterocycles. The molecule has 2 heterocycles. The quantitative estimate of drug-likeness (QED) is 0.560. The van der Waals surface area contributed by atoms with Crippen LogP contribution in [0.1, 0.15) is 56.8 Å². The zero-order valence-corrected chi connectivity index (χ0v) is 17.5. The summed E-state index contributed by atoms with van der Waals surface area (Å²) in [5.74, 6) is 0.450. The Labute approximate surface area is 179 Å². The molecule has 0 spiro atoms. The number of rotatable bonds is 4. The van der Waals surface area contributed by atoms with Crippen LogP contribution in [0.4, 0.5) is 17.5 Å². The number of anilines is 2. The van der Waals surface area contributed by atoms with Crippen molar-refractivity contribution in [3.8, 4) is 0 Å². The molecule has 30 heavy (non-hydrogen) atoms. The van der Waals surface area contributed by atoms with Gasteiger partial charge in [0.05, 0.1) is 23.0 Å². The van der Waals surface area contributed by atoms with Gasteiger partial charge < -0.3 is 15.6 Å². The molecular weight excluding hydrogens is 400 g/mol. The molecule has 7 nitrogen and oxygen atoms in total. The molecule has 8 heteroatoms. The first-order valence-corrected chi connectivity index (χ1v) is 10.5. The molecule has 4 rings (SSSR count).